The van der Waals surface area contributed by atoms with E-state index in [1.807, 2.05) is 44.2 Å². The van der Waals surface area contributed by atoms with Crippen LogP contribution >= 0.6 is 0 Å². The van der Waals surface area contributed by atoms with Crippen molar-refractivity contribution < 1.29 is 9.59 Å². The van der Waals surface area contributed by atoms with Crippen LogP contribution in [0.25, 0.3) is 0 Å². The van der Waals surface area contributed by atoms with E-state index in [1.165, 1.54) is 0 Å². The molecule has 0 aromatic heterocycles. The standard InChI is InChI=1S/C19H28N2O2/c1-18(2,3)13-19(4,5)20-17(23)14-11-16(22)21(12-14)15-9-7-6-8-10-15/h6-10,14H,11-13H2,1-5H3,(H,20,23). The highest BCUT2D eigenvalue weighted by Gasteiger charge is 2.37. The third-order valence-corrected chi connectivity index (χ3v) is 4.00. The molecular weight excluding hydrogens is 288 g/mol. The minimum absolute atomic E-state index is 0.0185. The fourth-order valence-electron chi connectivity index (χ4n) is 3.55. The van der Waals surface area contributed by atoms with Crippen molar-refractivity contribution in [2.75, 3.05) is 11.4 Å². The molecule has 0 radical (unpaired) electrons. The monoisotopic (exact) mass is 316 g/mol. The first-order chi connectivity index (χ1) is 10.6. The molecule has 2 amide bonds. The van der Waals surface area contributed by atoms with Gasteiger partial charge in [0.25, 0.3) is 0 Å². The Morgan fingerprint density at radius 3 is 2.35 bits per heavy atom. The molecule has 1 aliphatic heterocycles. The van der Waals surface area contributed by atoms with Crippen molar-refractivity contribution >= 4 is 17.5 Å². The Morgan fingerprint density at radius 2 is 1.78 bits per heavy atom. The van der Waals surface area contributed by atoms with Crippen molar-refractivity contribution in [1.29, 1.82) is 0 Å². The Bertz CT molecular complexity index is 573. The normalized spacial score (nSPS) is 19.1. The Kier molecular flexibility index (Phi) is 4.83. The molecule has 2 rings (SSSR count). The summed E-state index contributed by atoms with van der Waals surface area (Å²) in [6.45, 7) is 11.0. The van der Waals surface area contributed by atoms with Gasteiger partial charge in [0.1, 0.15) is 0 Å². The maximum Gasteiger partial charge on any atom is 0.227 e. The van der Waals surface area contributed by atoms with Crippen molar-refractivity contribution in [3.8, 4) is 0 Å². The minimum atomic E-state index is -0.279. The van der Waals surface area contributed by atoms with E-state index in [0.29, 0.717) is 6.54 Å². The lowest BCUT2D eigenvalue weighted by Gasteiger charge is -2.34. The van der Waals surface area contributed by atoms with Crippen LogP contribution in [0.5, 0.6) is 0 Å². The predicted molar refractivity (Wildman–Crippen MR) is 93.2 cm³/mol. The summed E-state index contributed by atoms with van der Waals surface area (Å²) in [5.74, 6) is -0.280. The summed E-state index contributed by atoms with van der Waals surface area (Å²) in [6.07, 6.45) is 1.17. The number of amides is 2. The van der Waals surface area contributed by atoms with Crippen molar-refractivity contribution in [2.45, 2.75) is 53.0 Å². The van der Waals surface area contributed by atoms with Crippen molar-refractivity contribution in [3.05, 3.63) is 30.3 Å². The highest BCUT2D eigenvalue weighted by Crippen LogP contribution is 2.29. The topological polar surface area (TPSA) is 49.4 Å². The molecule has 4 heteroatoms. The Morgan fingerprint density at radius 1 is 1.17 bits per heavy atom. The van der Waals surface area contributed by atoms with Gasteiger partial charge >= 0.3 is 0 Å². The second-order valence-corrected chi connectivity index (χ2v) is 8.35. The molecule has 1 aromatic rings. The van der Waals surface area contributed by atoms with E-state index < -0.39 is 0 Å². The third kappa shape index (κ3) is 4.81. The number of carbonyl (C=O) groups is 2. The highest BCUT2D eigenvalue weighted by atomic mass is 16.2. The smallest absolute Gasteiger partial charge is 0.227 e. The Balaban J connectivity index is 2.01. The van der Waals surface area contributed by atoms with Crippen LogP contribution in [0.2, 0.25) is 0 Å². The van der Waals surface area contributed by atoms with Crippen LogP contribution in [-0.2, 0) is 9.59 Å². The van der Waals surface area contributed by atoms with E-state index in [9.17, 15) is 9.59 Å². The van der Waals surface area contributed by atoms with Gasteiger partial charge in [0, 0.05) is 24.2 Å². The molecule has 1 saturated heterocycles. The molecule has 4 nitrogen and oxygen atoms in total. The minimum Gasteiger partial charge on any atom is -0.351 e. The van der Waals surface area contributed by atoms with Gasteiger partial charge < -0.3 is 10.2 Å². The van der Waals surface area contributed by atoms with E-state index in [4.69, 9.17) is 0 Å². The van der Waals surface area contributed by atoms with E-state index >= 15 is 0 Å². The Hall–Kier alpha value is -1.84. The van der Waals surface area contributed by atoms with Gasteiger partial charge in [-0.1, -0.05) is 39.0 Å². The molecule has 1 unspecified atom stereocenters. The zero-order valence-corrected chi connectivity index (χ0v) is 14.8. The molecule has 0 saturated carbocycles. The van der Waals surface area contributed by atoms with Crippen LogP contribution in [0.3, 0.4) is 0 Å². The van der Waals surface area contributed by atoms with E-state index in [-0.39, 0.29) is 35.1 Å². The highest BCUT2D eigenvalue weighted by molar-refractivity contribution is 6.00. The second-order valence-electron chi connectivity index (χ2n) is 8.35. The maximum atomic E-state index is 12.6. The van der Waals surface area contributed by atoms with Crippen LogP contribution in [-0.4, -0.2) is 23.9 Å². The molecule has 1 N–H and O–H groups in total. The van der Waals surface area contributed by atoms with Crippen molar-refractivity contribution in [3.63, 3.8) is 0 Å². The number of nitrogens with one attached hydrogen (secondary N) is 1. The van der Waals surface area contributed by atoms with Crippen LogP contribution in [0.15, 0.2) is 30.3 Å². The predicted octanol–water partition coefficient (Wildman–Crippen LogP) is 3.37. The SMILES string of the molecule is CC(C)(C)CC(C)(C)NC(=O)C1CC(=O)N(c2ccccc2)C1. The van der Waals surface area contributed by atoms with Crippen molar-refractivity contribution in [1.82, 2.24) is 5.32 Å². The Labute approximate surface area is 139 Å². The fraction of sp³-hybridized carbons (Fsp3) is 0.579. The summed E-state index contributed by atoms with van der Waals surface area (Å²) in [7, 11) is 0. The number of anilines is 1. The molecule has 1 fully saturated rings. The van der Waals surface area contributed by atoms with Gasteiger partial charge in [-0.15, -0.1) is 0 Å². The average molecular weight is 316 g/mol. The van der Waals surface area contributed by atoms with Crippen LogP contribution in [0, 0.1) is 11.3 Å². The van der Waals surface area contributed by atoms with Crippen LogP contribution in [0.4, 0.5) is 5.69 Å². The second kappa shape index (κ2) is 6.34. The van der Waals surface area contributed by atoms with Gasteiger partial charge in [0.05, 0.1) is 5.92 Å². The molecule has 1 aliphatic rings. The van der Waals surface area contributed by atoms with Gasteiger partial charge in [-0.05, 0) is 37.8 Å². The molecule has 23 heavy (non-hydrogen) atoms. The summed E-state index contributed by atoms with van der Waals surface area (Å²) in [6, 6.07) is 9.54. The van der Waals surface area contributed by atoms with Gasteiger partial charge in [-0.3, -0.25) is 9.59 Å². The van der Waals surface area contributed by atoms with E-state index in [2.05, 4.69) is 26.1 Å². The number of hydrogen-bond donors (Lipinski definition) is 1. The zero-order chi connectivity index (χ0) is 17.3. The number of rotatable bonds is 4. The maximum absolute atomic E-state index is 12.6. The third-order valence-electron chi connectivity index (χ3n) is 4.00. The van der Waals surface area contributed by atoms with Gasteiger partial charge in [0.15, 0.2) is 0 Å². The molecular formula is C19H28N2O2. The molecule has 126 valence electrons. The summed E-state index contributed by atoms with van der Waals surface area (Å²) in [5, 5.41) is 3.13. The average Bonchev–Trinajstić information content (AvgIpc) is 2.78. The van der Waals surface area contributed by atoms with Crippen molar-refractivity contribution in [2.24, 2.45) is 11.3 Å². The molecule has 0 aliphatic carbocycles. The van der Waals surface area contributed by atoms with E-state index in [1.54, 1.807) is 4.90 Å². The first kappa shape index (κ1) is 17.5. The fourth-order valence-corrected chi connectivity index (χ4v) is 3.55. The van der Waals surface area contributed by atoms with Crippen LogP contribution in [0.1, 0.15) is 47.5 Å². The van der Waals surface area contributed by atoms with Gasteiger partial charge in [0.2, 0.25) is 11.8 Å². The van der Waals surface area contributed by atoms with Gasteiger partial charge in [-0.25, -0.2) is 0 Å². The molecule has 0 bridgehead atoms. The molecule has 1 atom stereocenters. The lowest BCUT2D eigenvalue weighted by molar-refractivity contribution is -0.128. The first-order valence-electron chi connectivity index (χ1n) is 8.25. The number of benzene rings is 1. The summed E-state index contributed by atoms with van der Waals surface area (Å²) in [4.78, 5) is 26.5. The largest absolute Gasteiger partial charge is 0.351 e. The lowest BCUT2D eigenvalue weighted by atomic mass is 9.81. The molecule has 1 aromatic carbocycles. The van der Waals surface area contributed by atoms with Gasteiger partial charge in [-0.2, -0.15) is 0 Å². The summed E-state index contributed by atoms with van der Waals surface area (Å²) >= 11 is 0. The number of para-hydroxylation sites is 1. The molecule has 1 heterocycles. The zero-order valence-electron chi connectivity index (χ0n) is 14.8. The summed E-state index contributed by atoms with van der Waals surface area (Å²) < 4.78 is 0. The number of carbonyl (C=O) groups excluding carboxylic acids is 2. The quantitative estimate of drug-likeness (QED) is 0.926. The first-order valence-corrected chi connectivity index (χ1v) is 8.25. The molecule has 0 spiro atoms. The summed E-state index contributed by atoms with van der Waals surface area (Å²) in [5.41, 5.74) is 0.721. The van der Waals surface area contributed by atoms with Crippen LogP contribution < -0.4 is 10.2 Å². The van der Waals surface area contributed by atoms with E-state index in [0.717, 1.165) is 12.1 Å². The number of hydrogen-bond acceptors (Lipinski definition) is 2. The number of nitrogens with zero attached hydrogens (tertiary/aromatic N) is 1. The lowest BCUT2D eigenvalue weighted by Crippen LogP contribution is -2.48.